The molecule has 0 aromatic rings. The number of nitrogens with one attached hydrogen (secondary N) is 1. The standard InChI is InChI=1S/C9H16N2OS/c1-13-6-2-5-11-7-10-9(3-4-9)8(11)12/h10H,2-7H2,1H3. The summed E-state index contributed by atoms with van der Waals surface area (Å²) in [4.78, 5) is 13.7. The fourth-order valence-corrected chi connectivity index (χ4v) is 2.21. The number of rotatable bonds is 4. The monoisotopic (exact) mass is 200 g/mol. The van der Waals surface area contributed by atoms with Crippen molar-refractivity contribution in [2.75, 3.05) is 25.2 Å². The lowest BCUT2D eigenvalue weighted by Gasteiger charge is -2.14. The summed E-state index contributed by atoms with van der Waals surface area (Å²) in [6.07, 6.45) is 5.31. The maximum absolute atomic E-state index is 11.7. The van der Waals surface area contributed by atoms with E-state index in [1.165, 1.54) is 0 Å². The van der Waals surface area contributed by atoms with Gasteiger partial charge in [-0.2, -0.15) is 11.8 Å². The minimum absolute atomic E-state index is 0.0979. The third kappa shape index (κ3) is 1.70. The first-order valence-electron chi connectivity index (χ1n) is 4.82. The Morgan fingerprint density at radius 1 is 1.62 bits per heavy atom. The minimum atomic E-state index is -0.0979. The Morgan fingerprint density at radius 3 is 2.92 bits per heavy atom. The van der Waals surface area contributed by atoms with E-state index in [0.717, 1.165) is 38.2 Å². The molecule has 0 atom stereocenters. The van der Waals surface area contributed by atoms with E-state index >= 15 is 0 Å². The van der Waals surface area contributed by atoms with Gasteiger partial charge in [-0.1, -0.05) is 0 Å². The zero-order chi connectivity index (χ0) is 9.31. The number of nitrogens with zero attached hydrogens (tertiary/aromatic N) is 1. The van der Waals surface area contributed by atoms with Crippen LogP contribution in [0.25, 0.3) is 0 Å². The van der Waals surface area contributed by atoms with Gasteiger partial charge in [0.1, 0.15) is 0 Å². The summed E-state index contributed by atoms with van der Waals surface area (Å²) in [7, 11) is 0. The zero-order valence-electron chi connectivity index (χ0n) is 8.01. The highest BCUT2D eigenvalue weighted by Crippen LogP contribution is 2.39. The van der Waals surface area contributed by atoms with Crippen LogP contribution in [0.2, 0.25) is 0 Å². The summed E-state index contributed by atoms with van der Waals surface area (Å²) in [5.41, 5.74) is -0.0979. The van der Waals surface area contributed by atoms with E-state index in [0.29, 0.717) is 5.91 Å². The molecule has 0 radical (unpaired) electrons. The van der Waals surface area contributed by atoms with Crippen molar-refractivity contribution in [3.05, 3.63) is 0 Å². The van der Waals surface area contributed by atoms with Gasteiger partial charge in [-0.25, -0.2) is 0 Å². The molecule has 1 heterocycles. The number of carbonyl (C=O) groups is 1. The van der Waals surface area contributed by atoms with Crippen LogP contribution in [0.15, 0.2) is 0 Å². The van der Waals surface area contributed by atoms with Crippen molar-refractivity contribution in [3.8, 4) is 0 Å². The number of amides is 1. The molecule has 13 heavy (non-hydrogen) atoms. The quantitative estimate of drug-likeness (QED) is 0.677. The molecule has 1 saturated heterocycles. The van der Waals surface area contributed by atoms with E-state index in [9.17, 15) is 4.79 Å². The average Bonchev–Trinajstić information content (AvgIpc) is 2.85. The molecule has 3 nitrogen and oxygen atoms in total. The second-order valence-electron chi connectivity index (χ2n) is 3.83. The second kappa shape index (κ2) is 3.50. The molecule has 1 saturated carbocycles. The maximum atomic E-state index is 11.7. The third-order valence-electron chi connectivity index (χ3n) is 2.83. The SMILES string of the molecule is CSCCCN1CNC2(CC2)C1=O. The van der Waals surface area contributed by atoms with Crippen LogP contribution in [0.5, 0.6) is 0 Å². The first-order valence-corrected chi connectivity index (χ1v) is 6.21. The lowest BCUT2D eigenvalue weighted by atomic mass is 10.3. The lowest BCUT2D eigenvalue weighted by molar-refractivity contribution is -0.129. The smallest absolute Gasteiger partial charge is 0.243 e. The van der Waals surface area contributed by atoms with E-state index in [1.54, 1.807) is 0 Å². The summed E-state index contributed by atoms with van der Waals surface area (Å²) in [5.74, 6) is 1.49. The molecule has 1 aliphatic carbocycles. The van der Waals surface area contributed by atoms with Crippen LogP contribution < -0.4 is 5.32 Å². The summed E-state index contributed by atoms with van der Waals surface area (Å²) in [5, 5.41) is 3.30. The molecule has 1 amide bonds. The van der Waals surface area contributed by atoms with Gasteiger partial charge in [0.2, 0.25) is 5.91 Å². The van der Waals surface area contributed by atoms with Crippen LogP contribution >= 0.6 is 11.8 Å². The van der Waals surface area contributed by atoms with Gasteiger partial charge in [0, 0.05) is 6.54 Å². The van der Waals surface area contributed by atoms with Crippen molar-refractivity contribution in [3.63, 3.8) is 0 Å². The van der Waals surface area contributed by atoms with Gasteiger partial charge in [0.25, 0.3) is 0 Å². The van der Waals surface area contributed by atoms with Crippen LogP contribution in [0.4, 0.5) is 0 Å². The molecular formula is C9H16N2OS. The fourth-order valence-electron chi connectivity index (χ4n) is 1.79. The molecule has 0 aromatic heterocycles. The van der Waals surface area contributed by atoms with Gasteiger partial charge in [0.05, 0.1) is 12.2 Å². The van der Waals surface area contributed by atoms with Gasteiger partial charge < -0.3 is 4.90 Å². The first-order chi connectivity index (χ1) is 6.28. The predicted molar refractivity (Wildman–Crippen MR) is 54.7 cm³/mol. The number of hydrogen-bond donors (Lipinski definition) is 1. The molecular weight excluding hydrogens is 184 g/mol. The topological polar surface area (TPSA) is 32.3 Å². The Bertz CT molecular complexity index is 216. The van der Waals surface area contributed by atoms with Gasteiger partial charge in [-0.05, 0) is 31.3 Å². The Morgan fingerprint density at radius 2 is 2.38 bits per heavy atom. The molecule has 0 bridgehead atoms. The first kappa shape index (κ1) is 9.34. The normalized spacial score (nSPS) is 24.4. The van der Waals surface area contributed by atoms with E-state index in [-0.39, 0.29) is 5.54 Å². The number of hydrogen-bond acceptors (Lipinski definition) is 3. The van der Waals surface area contributed by atoms with Crippen LogP contribution in [0.1, 0.15) is 19.3 Å². The zero-order valence-corrected chi connectivity index (χ0v) is 8.82. The average molecular weight is 200 g/mol. The fraction of sp³-hybridized carbons (Fsp3) is 0.889. The molecule has 1 spiro atoms. The van der Waals surface area contributed by atoms with Crippen molar-refractivity contribution < 1.29 is 4.79 Å². The summed E-state index contributed by atoms with van der Waals surface area (Å²) in [6, 6.07) is 0. The van der Waals surface area contributed by atoms with Crippen LogP contribution in [-0.2, 0) is 4.79 Å². The van der Waals surface area contributed by atoms with Crippen LogP contribution in [-0.4, -0.2) is 41.6 Å². The van der Waals surface area contributed by atoms with Crippen LogP contribution in [0, 0.1) is 0 Å². The van der Waals surface area contributed by atoms with Crippen molar-refractivity contribution in [2.45, 2.75) is 24.8 Å². The van der Waals surface area contributed by atoms with Crippen molar-refractivity contribution in [1.29, 1.82) is 0 Å². The predicted octanol–water partition coefficient (Wildman–Crippen LogP) is 0.661. The molecule has 2 rings (SSSR count). The molecule has 0 aromatic carbocycles. The van der Waals surface area contributed by atoms with Crippen molar-refractivity contribution >= 4 is 17.7 Å². The second-order valence-corrected chi connectivity index (χ2v) is 4.82. The van der Waals surface area contributed by atoms with Gasteiger partial charge in [-0.3, -0.25) is 10.1 Å². The molecule has 2 fully saturated rings. The highest BCUT2D eigenvalue weighted by molar-refractivity contribution is 7.98. The van der Waals surface area contributed by atoms with Crippen LogP contribution in [0.3, 0.4) is 0 Å². The Labute approximate surface area is 83.2 Å². The Kier molecular flexibility index (Phi) is 2.51. The maximum Gasteiger partial charge on any atom is 0.243 e. The van der Waals surface area contributed by atoms with E-state index in [2.05, 4.69) is 11.6 Å². The van der Waals surface area contributed by atoms with Gasteiger partial charge in [-0.15, -0.1) is 0 Å². The summed E-state index contributed by atoms with van der Waals surface area (Å²) in [6.45, 7) is 1.70. The summed E-state index contributed by atoms with van der Waals surface area (Å²) < 4.78 is 0. The molecule has 1 N–H and O–H groups in total. The van der Waals surface area contributed by atoms with Gasteiger partial charge >= 0.3 is 0 Å². The third-order valence-corrected chi connectivity index (χ3v) is 3.53. The molecule has 4 heteroatoms. The summed E-state index contributed by atoms with van der Waals surface area (Å²) >= 11 is 1.84. The number of carbonyl (C=O) groups excluding carboxylic acids is 1. The van der Waals surface area contributed by atoms with E-state index < -0.39 is 0 Å². The lowest BCUT2D eigenvalue weighted by Crippen LogP contribution is -2.32. The number of thioether (sulfide) groups is 1. The molecule has 0 unspecified atom stereocenters. The molecule has 1 aliphatic heterocycles. The van der Waals surface area contributed by atoms with E-state index in [1.807, 2.05) is 16.7 Å². The van der Waals surface area contributed by atoms with Gasteiger partial charge in [0.15, 0.2) is 0 Å². The van der Waals surface area contributed by atoms with E-state index in [4.69, 9.17) is 0 Å². The Hall–Kier alpha value is -0.220. The van der Waals surface area contributed by atoms with Crippen molar-refractivity contribution in [1.82, 2.24) is 10.2 Å². The van der Waals surface area contributed by atoms with Crippen molar-refractivity contribution in [2.24, 2.45) is 0 Å². The molecule has 2 aliphatic rings. The largest absolute Gasteiger partial charge is 0.328 e. The highest BCUT2D eigenvalue weighted by atomic mass is 32.2. The Balaban J connectivity index is 1.78. The minimum Gasteiger partial charge on any atom is -0.328 e. The molecule has 74 valence electrons. The highest BCUT2D eigenvalue weighted by Gasteiger charge is 2.55.